The molecule has 1 aromatic carbocycles. The van der Waals surface area contributed by atoms with Gasteiger partial charge in [-0.2, -0.15) is 0 Å². The molecule has 16 heavy (non-hydrogen) atoms. The number of hydrogen-bond donors (Lipinski definition) is 1. The Kier molecular flexibility index (Phi) is 4.62. The van der Waals surface area contributed by atoms with Crippen molar-refractivity contribution in [3.63, 3.8) is 0 Å². The van der Waals surface area contributed by atoms with Crippen molar-refractivity contribution in [2.75, 3.05) is 13.7 Å². The van der Waals surface area contributed by atoms with E-state index in [1.54, 1.807) is 7.11 Å². The summed E-state index contributed by atoms with van der Waals surface area (Å²) in [6.07, 6.45) is 0.0959. The van der Waals surface area contributed by atoms with E-state index in [4.69, 9.17) is 14.6 Å². The van der Waals surface area contributed by atoms with E-state index in [9.17, 15) is 0 Å². The number of methoxy groups -OCH3 is 1. The summed E-state index contributed by atoms with van der Waals surface area (Å²) in [6.45, 7) is 5.82. The van der Waals surface area contributed by atoms with Crippen molar-refractivity contribution in [3.05, 3.63) is 29.7 Å². The first-order valence-corrected chi connectivity index (χ1v) is 5.37. The fourth-order valence-electron chi connectivity index (χ4n) is 1.49. The summed E-state index contributed by atoms with van der Waals surface area (Å²) >= 11 is 0. The summed E-state index contributed by atoms with van der Waals surface area (Å²) < 4.78 is 11.0. The van der Waals surface area contributed by atoms with Gasteiger partial charge in [0.05, 0.1) is 19.8 Å². The molecule has 1 aromatic rings. The third-order valence-corrected chi connectivity index (χ3v) is 2.24. The van der Waals surface area contributed by atoms with Crippen molar-refractivity contribution in [3.8, 4) is 11.5 Å². The van der Waals surface area contributed by atoms with Gasteiger partial charge in [0.2, 0.25) is 0 Å². The van der Waals surface area contributed by atoms with Gasteiger partial charge in [-0.15, -0.1) is 0 Å². The fraction of sp³-hybridized carbons (Fsp3) is 0.462. The largest absolute Gasteiger partial charge is 0.493 e. The quantitative estimate of drug-likeness (QED) is 0.833. The van der Waals surface area contributed by atoms with E-state index in [1.807, 2.05) is 39.0 Å². The molecule has 0 aromatic heterocycles. The standard InChI is InChI=1S/C13H19O3/c1-9(2)16-12-7-5-6-11(10(3)8-14)13(12)15-4/h5-7,9,14H,8H2,1-4H3. The second kappa shape index (κ2) is 5.75. The number of rotatable bonds is 5. The highest BCUT2D eigenvalue weighted by Gasteiger charge is 2.16. The molecule has 0 aliphatic heterocycles. The molecule has 1 radical (unpaired) electrons. The van der Waals surface area contributed by atoms with Gasteiger partial charge in [0, 0.05) is 11.5 Å². The lowest BCUT2D eigenvalue weighted by molar-refractivity contribution is 0.229. The van der Waals surface area contributed by atoms with Crippen LogP contribution in [0.25, 0.3) is 0 Å². The van der Waals surface area contributed by atoms with Gasteiger partial charge in [-0.05, 0) is 19.9 Å². The number of ether oxygens (including phenoxy) is 2. The van der Waals surface area contributed by atoms with Crippen molar-refractivity contribution >= 4 is 0 Å². The molecule has 0 unspecified atom stereocenters. The van der Waals surface area contributed by atoms with Gasteiger partial charge < -0.3 is 14.6 Å². The Balaban J connectivity index is 3.10. The molecule has 3 nitrogen and oxygen atoms in total. The second-order valence-corrected chi connectivity index (χ2v) is 3.94. The summed E-state index contributed by atoms with van der Waals surface area (Å²) in [5, 5.41) is 9.15. The van der Waals surface area contributed by atoms with E-state index in [-0.39, 0.29) is 12.7 Å². The van der Waals surface area contributed by atoms with Crippen LogP contribution in [0.4, 0.5) is 0 Å². The molecular formula is C13H19O3. The first-order valence-electron chi connectivity index (χ1n) is 5.37. The molecule has 0 aliphatic rings. The Bertz CT molecular complexity index is 334. The van der Waals surface area contributed by atoms with Gasteiger partial charge in [-0.3, -0.25) is 0 Å². The van der Waals surface area contributed by atoms with Crippen molar-refractivity contribution in [1.82, 2.24) is 0 Å². The molecule has 89 valence electrons. The van der Waals surface area contributed by atoms with Crippen LogP contribution in [0.15, 0.2) is 18.2 Å². The molecule has 0 spiro atoms. The minimum atomic E-state index is 0.0154. The van der Waals surface area contributed by atoms with E-state index >= 15 is 0 Å². The molecule has 3 heteroatoms. The number of para-hydroxylation sites is 1. The summed E-state index contributed by atoms with van der Waals surface area (Å²) in [5.74, 6) is 2.26. The maximum Gasteiger partial charge on any atom is 0.164 e. The van der Waals surface area contributed by atoms with E-state index in [1.165, 1.54) is 0 Å². The van der Waals surface area contributed by atoms with Gasteiger partial charge in [0.25, 0.3) is 0 Å². The molecule has 0 fully saturated rings. The van der Waals surface area contributed by atoms with Gasteiger partial charge in [-0.1, -0.05) is 19.1 Å². The lowest BCUT2D eigenvalue weighted by Crippen LogP contribution is -2.09. The summed E-state index contributed by atoms with van der Waals surface area (Å²) in [4.78, 5) is 0. The van der Waals surface area contributed by atoms with Crippen LogP contribution in [0.2, 0.25) is 0 Å². The zero-order valence-electron chi connectivity index (χ0n) is 10.3. The molecule has 0 aliphatic carbocycles. The van der Waals surface area contributed by atoms with Crippen LogP contribution >= 0.6 is 0 Å². The van der Waals surface area contributed by atoms with Crippen LogP contribution in [-0.4, -0.2) is 24.9 Å². The third-order valence-electron chi connectivity index (χ3n) is 2.24. The van der Waals surface area contributed by atoms with Crippen LogP contribution in [0.5, 0.6) is 11.5 Å². The van der Waals surface area contributed by atoms with Crippen molar-refractivity contribution in [1.29, 1.82) is 0 Å². The monoisotopic (exact) mass is 223 g/mol. The van der Waals surface area contributed by atoms with Crippen LogP contribution < -0.4 is 9.47 Å². The van der Waals surface area contributed by atoms with E-state index in [0.717, 1.165) is 11.5 Å². The average Bonchev–Trinajstić information content (AvgIpc) is 2.27. The third kappa shape index (κ3) is 2.89. The predicted octanol–water partition coefficient (Wildman–Crippen LogP) is 2.42. The maximum atomic E-state index is 9.15. The molecule has 0 bridgehead atoms. The van der Waals surface area contributed by atoms with Crippen LogP contribution in [0.1, 0.15) is 26.3 Å². The molecule has 0 amide bonds. The Morgan fingerprint density at radius 1 is 1.38 bits per heavy atom. The lowest BCUT2D eigenvalue weighted by Gasteiger charge is -2.18. The molecule has 0 atom stereocenters. The number of benzene rings is 1. The zero-order chi connectivity index (χ0) is 12.1. The Morgan fingerprint density at radius 3 is 2.56 bits per heavy atom. The first kappa shape index (κ1) is 12.8. The summed E-state index contributed by atoms with van der Waals surface area (Å²) in [5.41, 5.74) is 0.892. The highest BCUT2D eigenvalue weighted by molar-refractivity contribution is 5.52. The van der Waals surface area contributed by atoms with Crippen molar-refractivity contribution in [2.45, 2.75) is 26.9 Å². The molecule has 0 saturated heterocycles. The number of hydrogen-bond acceptors (Lipinski definition) is 3. The van der Waals surface area contributed by atoms with Crippen LogP contribution in [-0.2, 0) is 0 Å². The lowest BCUT2D eigenvalue weighted by atomic mass is 10.0. The predicted molar refractivity (Wildman–Crippen MR) is 63.9 cm³/mol. The average molecular weight is 223 g/mol. The van der Waals surface area contributed by atoms with E-state index < -0.39 is 0 Å². The van der Waals surface area contributed by atoms with E-state index in [2.05, 4.69) is 0 Å². The van der Waals surface area contributed by atoms with Crippen LogP contribution in [0.3, 0.4) is 0 Å². The van der Waals surface area contributed by atoms with Gasteiger partial charge in [-0.25, -0.2) is 0 Å². The second-order valence-electron chi connectivity index (χ2n) is 3.94. The summed E-state index contributed by atoms with van der Waals surface area (Å²) in [6, 6.07) is 5.68. The summed E-state index contributed by atoms with van der Waals surface area (Å²) in [7, 11) is 1.61. The minimum Gasteiger partial charge on any atom is -0.493 e. The molecule has 0 heterocycles. The normalized spacial score (nSPS) is 10.9. The van der Waals surface area contributed by atoms with Crippen molar-refractivity contribution < 1.29 is 14.6 Å². The Hall–Kier alpha value is -1.22. The Morgan fingerprint density at radius 2 is 2.06 bits per heavy atom. The topological polar surface area (TPSA) is 38.7 Å². The smallest absolute Gasteiger partial charge is 0.164 e. The number of aliphatic hydroxyl groups is 1. The molecule has 1 N–H and O–H groups in total. The minimum absolute atomic E-state index is 0.0154. The van der Waals surface area contributed by atoms with Crippen LogP contribution in [0, 0.1) is 5.92 Å². The fourth-order valence-corrected chi connectivity index (χ4v) is 1.49. The highest BCUT2D eigenvalue weighted by atomic mass is 16.5. The van der Waals surface area contributed by atoms with Crippen molar-refractivity contribution in [2.24, 2.45) is 0 Å². The Labute approximate surface area is 97.0 Å². The van der Waals surface area contributed by atoms with Gasteiger partial charge in [0.1, 0.15) is 0 Å². The molecule has 1 rings (SSSR count). The van der Waals surface area contributed by atoms with Gasteiger partial charge in [0.15, 0.2) is 11.5 Å². The zero-order valence-corrected chi connectivity index (χ0v) is 10.3. The maximum absolute atomic E-state index is 9.15. The van der Waals surface area contributed by atoms with Gasteiger partial charge >= 0.3 is 0 Å². The number of aliphatic hydroxyl groups excluding tert-OH is 1. The molecular weight excluding hydrogens is 204 g/mol. The van der Waals surface area contributed by atoms with E-state index in [0.29, 0.717) is 11.5 Å². The SMILES string of the molecule is COc1c(OC(C)C)cccc1[C](C)CO. The first-order chi connectivity index (χ1) is 7.60. The highest BCUT2D eigenvalue weighted by Crippen LogP contribution is 2.35. The molecule has 0 saturated carbocycles.